The largest absolute Gasteiger partial charge is 0.454 e. The van der Waals surface area contributed by atoms with Gasteiger partial charge in [0.2, 0.25) is 0 Å². The Morgan fingerprint density at radius 3 is 2.29 bits per heavy atom. The topological polar surface area (TPSA) is 26.0 Å². The van der Waals surface area contributed by atoms with E-state index in [1.807, 2.05) is 26.8 Å². The minimum absolute atomic E-state index is 0.00487. The molecular formula is C33H35NO. The molecular weight excluding hydrogens is 426 g/mol. The summed E-state index contributed by atoms with van der Waals surface area (Å²) >= 11 is 0. The van der Waals surface area contributed by atoms with Crippen molar-refractivity contribution in [1.82, 2.24) is 4.98 Å². The summed E-state index contributed by atoms with van der Waals surface area (Å²) in [5.41, 5.74) is 4.17. The molecule has 0 amide bonds. The third kappa shape index (κ3) is 3.41. The molecule has 0 radical (unpaired) electrons. The Kier molecular flexibility index (Phi) is 3.40. The molecule has 5 aromatic rings. The number of hydrogen-bond acceptors (Lipinski definition) is 2. The molecule has 0 saturated heterocycles. The van der Waals surface area contributed by atoms with Crippen LogP contribution in [0.3, 0.4) is 0 Å². The maximum absolute atomic E-state index is 9.35. The number of benzene rings is 3. The molecule has 2 heterocycles. The van der Waals surface area contributed by atoms with Crippen LogP contribution in [0.25, 0.3) is 44.0 Å². The summed E-state index contributed by atoms with van der Waals surface area (Å²) in [4.78, 5) is 4.65. The van der Waals surface area contributed by atoms with Gasteiger partial charge in [-0.05, 0) is 86.8 Å². The number of aromatic nitrogens is 1. The molecule has 1 aliphatic rings. The molecule has 2 aromatic heterocycles. The third-order valence-corrected chi connectivity index (χ3v) is 7.78. The van der Waals surface area contributed by atoms with E-state index in [1.54, 1.807) is 6.20 Å². The fourth-order valence-electron chi connectivity index (χ4n) is 5.56. The molecule has 1 aliphatic carbocycles. The van der Waals surface area contributed by atoms with Gasteiger partial charge < -0.3 is 4.42 Å². The van der Waals surface area contributed by atoms with Crippen LogP contribution in [0.4, 0.5) is 0 Å². The summed E-state index contributed by atoms with van der Waals surface area (Å²) in [5, 5.41) is 2.13. The summed E-state index contributed by atoms with van der Waals surface area (Å²) in [6.07, 6.45) is 3.83. The molecule has 0 aliphatic heterocycles. The fraction of sp³-hybridized carbons (Fsp3) is 0.364. The highest BCUT2D eigenvalue weighted by molar-refractivity contribution is 6.09. The van der Waals surface area contributed by atoms with E-state index >= 15 is 0 Å². The van der Waals surface area contributed by atoms with Crippen molar-refractivity contribution in [2.75, 3.05) is 0 Å². The van der Waals surface area contributed by atoms with Gasteiger partial charge in [0.25, 0.3) is 0 Å². The second-order valence-electron chi connectivity index (χ2n) is 12.3. The average molecular weight is 468 g/mol. The van der Waals surface area contributed by atoms with Crippen molar-refractivity contribution in [3.8, 4) is 11.3 Å². The number of rotatable bonds is 1. The first kappa shape index (κ1) is 16.5. The highest BCUT2D eigenvalue weighted by atomic mass is 16.3. The van der Waals surface area contributed by atoms with Crippen molar-refractivity contribution in [3.63, 3.8) is 0 Å². The van der Waals surface area contributed by atoms with Crippen LogP contribution in [0, 0.1) is 0 Å². The van der Waals surface area contributed by atoms with E-state index in [2.05, 4.69) is 44.8 Å². The predicted octanol–water partition coefficient (Wildman–Crippen LogP) is 9.45. The first-order chi connectivity index (χ1) is 19.0. The van der Waals surface area contributed by atoms with E-state index in [-0.39, 0.29) is 57.4 Å². The van der Waals surface area contributed by atoms with Crippen LogP contribution in [0.5, 0.6) is 0 Å². The van der Waals surface area contributed by atoms with Gasteiger partial charge in [0.05, 0.1) is 8.22 Å². The summed E-state index contributed by atoms with van der Waals surface area (Å²) in [6.45, 7) is 14.9. The van der Waals surface area contributed by atoms with Gasteiger partial charge >= 0.3 is 0 Å². The molecule has 0 N–H and O–H groups in total. The Balaban J connectivity index is 1.76. The van der Waals surface area contributed by atoms with Crippen LogP contribution in [-0.4, -0.2) is 4.98 Å². The predicted molar refractivity (Wildman–Crippen MR) is 148 cm³/mol. The minimum atomic E-state index is -0.645. The molecule has 2 nitrogen and oxygen atoms in total. The van der Waals surface area contributed by atoms with Crippen molar-refractivity contribution >= 4 is 32.7 Å². The van der Waals surface area contributed by atoms with Crippen molar-refractivity contribution < 1.29 is 12.6 Å². The van der Waals surface area contributed by atoms with E-state index < -0.39 is 11.5 Å². The molecule has 35 heavy (non-hydrogen) atoms. The van der Waals surface area contributed by atoms with E-state index in [9.17, 15) is 2.74 Å². The molecule has 6 rings (SSSR count). The molecule has 0 spiro atoms. The first-order valence-electron chi connectivity index (χ1n) is 15.4. The van der Waals surface area contributed by atoms with Crippen LogP contribution in [0.1, 0.15) is 86.2 Å². The van der Waals surface area contributed by atoms with Gasteiger partial charge in [0.1, 0.15) is 11.3 Å². The van der Waals surface area contributed by atoms with Gasteiger partial charge in [0, 0.05) is 22.5 Å². The van der Waals surface area contributed by atoms with E-state index in [1.165, 1.54) is 11.1 Å². The van der Waals surface area contributed by atoms with Crippen molar-refractivity contribution in [1.29, 1.82) is 0 Å². The molecule has 3 aromatic carbocycles. The molecule has 0 fully saturated rings. The lowest BCUT2D eigenvalue weighted by Gasteiger charge is -2.41. The number of furan rings is 1. The average Bonchev–Trinajstić information content (AvgIpc) is 3.26. The summed E-state index contributed by atoms with van der Waals surface area (Å²) in [6, 6.07) is 4.89. The van der Waals surface area contributed by atoms with Crippen molar-refractivity contribution in [2.45, 2.75) is 77.6 Å². The first-order valence-corrected chi connectivity index (χ1v) is 12.4. The highest BCUT2D eigenvalue weighted by Gasteiger charge is 2.37. The molecule has 178 valence electrons. The van der Waals surface area contributed by atoms with Crippen LogP contribution >= 0.6 is 0 Å². The van der Waals surface area contributed by atoms with Gasteiger partial charge in [-0.25, -0.2) is 0 Å². The molecule has 0 saturated carbocycles. The maximum atomic E-state index is 9.35. The zero-order chi connectivity index (χ0) is 30.0. The Bertz CT molecular complexity index is 1940. The van der Waals surface area contributed by atoms with Gasteiger partial charge in [-0.3, -0.25) is 4.98 Å². The third-order valence-electron chi connectivity index (χ3n) is 7.78. The molecule has 0 unspecified atom stereocenters. The lowest BCUT2D eigenvalue weighted by molar-refractivity contribution is 0.332. The Hall–Kier alpha value is -3.13. The number of pyridine rings is 1. The normalized spacial score (nSPS) is 19.6. The van der Waals surface area contributed by atoms with Crippen LogP contribution in [0.15, 0.2) is 65.1 Å². The second kappa shape index (κ2) is 7.20. The van der Waals surface area contributed by atoms with Gasteiger partial charge in [-0.1, -0.05) is 72.6 Å². The summed E-state index contributed by atoms with van der Waals surface area (Å²) < 4.78 is 59.1. The van der Waals surface area contributed by atoms with Crippen molar-refractivity contribution in [3.05, 3.63) is 77.3 Å². The highest BCUT2D eigenvalue weighted by Crippen LogP contribution is 2.48. The van der Waals surface area contributed by atoms with E-state index in [0.29, 0.717) is 16.8 Å². The van der Waals surface area contributed by atoms with E-state index in [0.717, 1.165) is 29.2 Å². The van der Waals surface area contributed by atoms with Gasteiger partial charge in [-0.2, -0.15) is 0 Å². The summed E-state index contributed by atoms with van der Waals surface area (Å²) in [7, 11) is 0. The molecule has 0 bridgehead atoms. The van der Waals surface area contributed by atoms with E-state index in [4.69, 9.17) is 9.90 Å². The second-order valence-corrected chi connectivity index (χ2v) is 12.3. The van der Waals surface area contributed by atoms with Crippen molar-refractivity contribution in [2.24, 2.45) is 0 Å². The monoisotopic (exact) mass is 467 g/mol. The maximum Gasteiger partial charge on any atom is 0.161 e. The smallest absolute Gasteiger partial charge is 0.161 e. The minimum Gasteiger partial charge on any atom is -0.454 e. The zero-order valence-electron chi connectivity index (χ0n) is 27.6. The Morgan fingerprint density at radius 2 is 1.57 bits per heavy atom. The van der Waals surface area contributed by atoms with Gasteiger partial charge in [0.15, 0.2) is 5.58 Å². The SMILES string of the molecule is [2H]c1c([2H])c([2H])c2c(C(C)(C)C)c([2H])c(-c3nccc4c3oc3cc5c(cc34)C(C)(C)CCC5(C)C)c([2H])c2c1[2H]. The van der Waals surface area contributed by atoms with Crippen LogP contribution < -0.4 is 0 Å². The quantitative estimate of drug-likeness (QED) is 0.245. The standard InChI is InChI=1S/C33H35NO/c1-31(2,3)25-17-21(16-20-10-8-9-11-22(20)25)29-30-23(12-15-34-29)24-18-26-27(19-28(24)35-30)33(6,7)14-13-32(26,4)5/h8-12,15-19H,13-14H2,1-7H3/i8D,9D,10D,11D,16D,17D. The number of nitrogens with zero attached hydrogens (tertiary/aromatic N) is 1. The van der Waals surface area contributed by atoms with Crippen LogP contribution in [-0.2, 0) is 16.2 Å². The lowest BCUT2D eigenvalue weighted by atomic mass is 9.63. The summed E-state index contributed by atoms with van der Waals surface area (Å²) in [5.74, 6) is 0. The number of fused-ring (bicyclic) bond motifs is 5. The van der Waals surface area contributed by atoms with Crippen LogP contribution in [0.2, 0.25) is 0 Å². The van der Waals surface area contributed by atoms with Gasteiger partial charge in [-0.15, -0.1) is 0 Å². The zero-order valence-corrected chi connectivity index (χ0v) is 21.6. The Morgan fingerprint density at radius 1 is 0.886 bits per heavy atom. The number of hydrogen-bond donors (Lipinski definition) is 0. The fourth-order valence-corrected chi connectivity index (χ4v) is 5.56. The molecule has 0 atom stereocenters. The lowest BCUT2D eigenvalue weighted by Crippen LogP contribution is -2.33. The Labute approximate surface area is 216 Å². The molecule has 2 heteroatoms.